The summed E-state index contributed by atoms with van der Waals surface area (Å²) in [7, 11) is 0. The van der Waals surface area contributed by atoms with Gasteiger partial charge in [0.15, 0.2) is 0 Å². The quantitative estimate of drug-likeness (QED) is 0.704. The normalized spacial score (nSPS) is 12.9. The van der Waals surface area contributed by atoms with Crippen molar-refractivity contribution in [1.82, 2.24) is 9.55 Å². The third kappa shape index (κ3) is 1.48. The van der Waals surface area contributed by atoms with Gasteiger partial charge in [0.1, 0.15) is 0 Å². The molecule has 1 heterocycles. The van der Waals surface area contributed by atoms with Crippen LogP contribution in [-0.4, -0.2) is 14.5 Å². The minimum absolute atomic E-state index is 0.0567. The fourth-order valence-electron chi connectivity index (χ4n) is 1.04. The van der Waals surface area contributed by atoms with Crippen LogP contribution >= 0.6 is 12.2 Å². The van der Waals surface area contributed by atoms with Crippen molar-refractivity contribution in [2.24, 2.45) is 5.73 Å². The molecule has 0 spiro atoms. The van der Waals surface area contributed by atoms with Crippen LogP contribution < -0.4 is 5.73 Å². The lowest BCUT2D eigenvalue weighted by Gasteiger charge is -2.12. The van der Waals surface area contributed by atoms with Crippen molar-refractivity contribution in [3.05, 3.63) is 17.7 Å². The van der Waals surface area contributed by atoms with E-state index in [0.717, 1.165) is 11.4 Å². The van der Waals surface area contributed by atoms with E-state index in [2.05, 4.69) is 4.98 Å². The molecule has 1 atom stereocenters. The number of imidazole rings is 1. The summed E-state index contributed by atoms with van der Waals surface area (Å²) in [4.78, 5) is 4.66. The van der Waals surface area contributed by atoms with E-state index >= 15 is 0 Å². The molecule has 0 bridgehead atoms. The van der Waals surface area contributed by atoms with Crippen LogP contribution in [0.25, 0.3) is 0 Å². The van der Waals surface area contributed by atoms with Gasteiger partial charge < -0.3 is 10.3 Å². The Kier molecular flexibility index (Phi) is 2.47. The van der Waals surface area contributed by atoms with E-state index in [1.807, 2.05) is 25.3 Å². The number of hydrogen-bond donors (Lipinski definition) is 1. The lowest BCUT2D eigenvalue weighted by atomic mass is 10.3. The first-order valence-electron chi connectivity index (χ1n) is 3.83. The first kappa shape index (κ1) is 9.19. The third-order valence-corrected chi connectivity index (χ3v) is 2.46. The van der Waals surface area contributed by atoms with Crippen molar-refractivity contribution in [1.29, 1.82) is 0 Å². The SMILES string of the molecule is Cc1ncn(C(C)C(N)=S)c1C. The number of nitrogens with two attached hydrogens (primary N) is 1. The summed E-state index contributed by atoms with van der Waals surface area (Å²) in [6.45, 7) is 5.95. The van der Waals surface area contributed by atoms with E-state index < -0.39 is 0 Å². The molecule has 1 aromatic heterocycles. The Balaban J connectivity index is 3.03. The maximum atomic E-state index is 5.53. The second-order valence-corrected chi connectivity index (χ2v) is 3.37. The van der Waals surface area contributed by atoms with Crippen molar-refractivity contribution in [2.45, 2.75) is 26.8 Å². The van der Waals surface area contributed by atoms with Gasteiger partial charge in [-0.15, -0.1) is 0 Å². The highest BCUT2D eigenvalue weighted by Gasteiger charge is 2.10. The van der Waals surface area contributed by atoms with Crippen LogP contribution in [0.1, 0.15) is 24.4 Å². The van der Waals surface area contributed by atoms with Crippen molar-refractivity contribution in [2.75, 3.05) is 0 Å². The molecule has 2 N–H and O–H groups in total. The Labute approximate surface area is 77.6 Å². The molecule has 4 heteroatoms. The molecule has 0 aliphatic rings. The zero-order valence-electron chi connectivity index (χ0n) is 7.53. The summed E-state index contributed by atoms with van der Waals surface area (Å²) in [5.41, 5.74) is 7.68. The summed E-state index contributed by atoms with van der Waals surface area (Å²) in [5, 5.41) is 0. The van der Waals surface area contributed by atoms with E-state index in [4.69, 9.17) is 18.0 Å². The van der Waals surface area contributed by atoms with Gasteiger partial charge in [0.25, 0.3) is 0 Å². The van der Waals surface area contributed by atoms with Gasteiger partial charge in [-0.1, -0.05) is 12.2 Å². The molecule has 3 nitrogen and oxygen atoms in total. The Bertz CT molecular complexity index is 303. The Morgan fingerprint density at radius 3 is 2.58 bits per heavy atom. The first-order valence-corrected chi connectivity index (χ1v) is 4.24. The van der Waals surface area contributed by atoms with Crippen LogP contribution in [0.2, 0.25) is 0 Å². The summed E-state index contributed by atoms with van der Waals surface area (Å²) in [5.74, 6) is 0. The molecule has 66 valence electrons. The van der Waals surface area contributed by atoms with Crippen LogP contribution in [0.15, 0.2) is 6.33 Å². The molecule has 1 aromatic rings. The van der Waals surface area contributed by atoms with E-state index in [1.165, 1.54) is 0 Å². The largest absolute Gasteiger partial charge is 0.392 e. The monoisotopic (exact) mass is 183 g/mol. The molecular weight excluding hydrogens is 170 g/mol. The lowest BCUT2D eigenvalue weighted by Crippen LogP contribution is -2.22. The summed E-state index contributed by atoms with van der Waals surface area (Å²) < 4.78 is 1.98. The first-order chi connectivity index (χ1) is 5.54. The molecule has 0 saturated heterocycles. The van der Waals surface area contributed by atoms with E-state index in [9.17, 15) is 0 Å². The zero-order valence-corrected chi connectivity index (χ0v) is 8.35. The van der Waals surface area contributed by atoms with Crippen LogP contribution in [0.3, 0.4) is 0 Å². The van der Waals surface area contributed by atoms with Crippen LogP contribution in [0.4, 0.5) is 0 Å². The number of nitrogens with zero attached hydrogens (tertiary/aromatic N) is 2. The van der Waals surface area contributed by atoms with E-state index in [0.29, 0.717) is 4.99 Å². The Morgan fingerprint density at radius 2 is 2.25 bits per heavy atom. The van der Waals surface area contributed by atoms with Gasteiger partial charge in [-0.25, -0.2) is 4.98 Å². The molecule has 1 rings (SSSR count). The second kappa shape index (κ2) is 3.23. The van der Waals surface area contributed by atoms with Crippen molar-refractivity contribution in [3.8, 4) is 0 Å². The minimum Gasteiger partial charge on any atom is -0.392 e. The number of aryl methyl sites for hydroxylation is 1. The lowest BCUT2D eigenvalue weighted by molar-refractivity contribution is 0.677. The van der Waals surface area contributed by atoms with Gasteiger partial charge in [-0.3, -0.25) is 0 Å². The number of thiocarbonyl (C=S) groups is 1. The number of hydrogen-bond acceptors (Lipinski definition) is 2. The highest BCUT2D eigenvalue weighted by atomic mass is 32.1. The summed E-state index contributed by atoms with van der Waals surface area (Å²) >= 11 is 4.90. The van der Waals surface area contributed by atoms with Gasteiger partial charge in [-0.05, 0) is 20.8 Å². The minimum atomic E-state index is 0.0567. The topological polar surface area (TPSA) is 43.8 Å². The van der Waals surface area contributed by atoms with Crippen molar-refractivity contribution >= 4 is 17.2 Å². The maximum absolute atomic E-state index is 5.53. The van der Waals surface area contributed by atoms with Crippen LogP contribution in [0.5, 0.6) is 0 Å². The smallest absolute Gasteiger partial charge is 0.0957 e. The average Bonchev–Trinajstić information content (AvgIpc) is 2.32. The molecular formula is C8H13N3S. The molecule has 0 aliphatic carbocycles. The van der Waals surface area contributed by atoms with Crippen LogP contribution in [0, 0.1) is 13.8 Å². The predicted molar refractivity (Wildman–Crippen MR) is 53.2 cm³/mol. The predicted octanol–water partition coefficient (Wildman–Crippen LogP) is 1.35. The van der Waals surface area contributed by atoms with Crippen LogP contribution in [-0.2, 0) is 0 Å². The van der Waals surface area contributed by atoms with Gasteiger partial charge in [0.05, 0.1) is 23.1 Å². The Morgan fingerprint density at radius 1 is 1.67 bits per heavy atom. The van der Waals surface area contributed by atoms with Gasteiger partial charge >= 0.3 is 0 Å². The van der Waals surface area contributed by atoms with Crippen molar-refractivity contribution < 1.29 is 0 Å². The highest BCUT2D eigenvalue weighted by molar-refractivity contribution is 7.80. The molecule has 0 saturated carbocycles. The number of aromatic nitrogens is 2. The van der Waals surface area contributed by atoms with Crippen molar-refractivity contribution in [3.63, 3.8) is 0 Å². The average molecular weight is 183 g/mol. The Hall–Kier alpha value is -0.900. The molecule has 0 aliphatic heterocycles. The molecule has 0 amide bonds. The standard InChI is InChI=1S/C8H13N3S/c1-5-6(2)11(4-10-5)7(3)8(9)12/h4,7H,1-3H3,(H2,9,12). The number of rotatable bonds is 2. The molecule has 0 aromatic carbocycles. The maximum Gasteiger partial charge on any atom is 0.0957 e. The van der Waals surface area contributed by atoms with Gasteiger partial charge in [0, 0.05) is 5.69 Å². The summed E-state index contributed by atoms with van der Waals surface area (Å²) in [6, 6.07) is 0.0567. The van der Waals surface area contributed by atoms with Gasteiger partial charge in [-0.2, -0.15) is 0 Å². The highest BCUT2D eigenvalue weighted by Crippen LogP contribution is 2.12. The second-order valence-electron chi connectivity index (χ2n) is 2.90. The van der Waals surface area contributed by atoms with Gasteiger partial charge in [0.2, 0.25) is 0 Å². The molecule has 1 unspecified atom stereocenters. The van der Waals surface area contributed by atoms with E-state index in [1.54, 1.807) is 6.33 Å². The fourth-order valence-corrected chi connectivity index (χ4v) is 1.16. The third-order valence-electron chi connectivity index (χ3n) is 2.12. The molecule has 0 radical (unpaired) electrons. The zero-order chi connectivity index (χ0) is 9.30. The van der Waals surface area contributed by atoms with E-state index in [-0.39, 0.29) is 6.04 Å². The summed E-state index contributed by atoms with van der Waals surface area (Å²) in [6.07, 6.45) is 1.77. The fraction of sp³-hybridized carbons (Fsp3) is 0.500. The molecule has 0 fully saturated rings. The molecule has 12 heavy (non-hydrogen) atoms.